The Hall–Kier alpha value is -0.658. The number of hydrogen-bond donors (Lipinski definition) is 1. The molecule has 22 heavy (non-hydrogen) atoms. The van der Waals surface area contributed by atoms with Crippen LogP contribution in [0.2, 0.25) is 0 Å². The largest absolute Gasteiger partial charge is 0.315 e. The zero-order valence-corrected chi connectivity index (χ0v) is 17.3. The van der Waals surface area contributed by atoms with Crippen molar-refractivity contribution in [2.24, 2.45) is 0 Å². The molecule has 0 aliphatic carbocycles. The Morgan fingerprint density at radius 1 is 1.23 bits per heavy atom. The van der Waals surface area contributed by atoms with Gasteiger partial charge in [0.15, 0.2) is 0 Å². The molecule has 2 aromatic rings. The second kappa shape index (κ2) is 8.84. The molecule has 1 aromatic heterocycles. The van der Waals surface area contributed by atoms with E-state index in [2.05, 4.69) is 52.5 Å². The zero-order chi connectivity index (χ0) is 14.5. The molecule has 3 nitrogen and oxygen atoms in total. The van der Waals surface area contributed by atoms with E-state index in [1.54, 1.807) is 0 Å². The van der Waals surface area contributed by atoms with Crippen LogP contribution in [0.3, 0.4) is 0 Å². The number of pyridine rings is 1. The number of hydrogen-bond acceptors (Lipinski definition) is 3. The van der Waals surface area contributed by atoms with Crippen LogP contribution in [-0.4, -0.2) is 35.6 Å². The summed E-state index contributed by atoms with van der Waals surface area (Å²) < 4.78 is 0. The minimum absolute atomic E-state index is 0. The van der Waals surface area contributed by atoms with Crippen molar-refractivity contribution in [3.8, 4) is 11.3 Å². The van der Waals surface area contributed by atoms with Crippen LogP contribution in [-0.2, 0) is 6.54 Å². The molecule has 0 unspecified atom stereocenters. The van der Waals surface area contributed by atoms with E-state index in [9.17, 15) is 0 Å². The number of nitrogens with zero attached hydrogens (tertiary/aromatic N) is 2. The third-order valence-corrected chi connectivity index (χ3v) is 4.23. The minimum Gasteiger partial charge on any atom is -0.315 e. The first-order chi connectivity index (χ1) is 10.4. The van der Waals surface area contributed by atoms with E-state index in [4.69, 9.17) is 0 Å². The van der Waals surface area contributed by atoms with Gasteiger partial charge in [-0.3, -0.25) is 9.88 Å². The normalized spacial score (nSPS) is 17.5. The molecule has 0 bridgehead atoms. The van der Waals surface area contributed by atoms with Gasteiger partial charge in [0, 0.05) is 62.0 Å². The molecule has 0 radical (unpaired) electrons. The van der Waals surface area contributed by atoms with Gasteiger partial charge in [-0.25, -0.2) is 0 Å². The van der Waals surface area contributed by atoms with Crippen LogP contribution in [0.1, 0.15) is 18.9 Å². The molecular weight excluding hydrogens is 496 g/mol. The second-order valence-electron chi connectivity index (χ2n) is 5.63. The molecule has 1 aliphatic heterocycles. The van der Waals surface area contributed by atoms with Crippen LogP contribution >= 0.6 is 0 Å². The summed E-state index contributed by atoms with van der Waals surface area (Å²) in [5.74, 6) is 0. The Morgan fingerprint density at radius 2 is 2.14 bits per heavy atom. The van der Waals surface area contributed by atoms with Gasteiger partial charge in [-0.2, -0.15) is 0 Å². The van der Waals surface area contributed by atoms with Gasteiger partial charge in [0.05, 0.1) is 5.69 Å². The van der Waals surface area contributed by atoms with Crippen LogP contribution in [0.4, 0.5) is 0 Å². The first kappa shape index (κ1) is 17.7. The van der Waals surface area contributed by atoms with Gasteiger partial charge >= 0.3 is 0 Å². The maximum Gasteiger partial charge on any atom is 0.0702 e. The van der Waals surface area contributed by atoms with Crippen molar-refractivity contribution in [3.05, 3.63) is 54.2 Å². The summed E-state index contributed by atoms with van der Waals surface area (Å²) in [7, 11) is 0. The summed E-state index contributed by atoms with van der Waals surface area (Å²) in [6.45, 7) is 6.63. The first-order valence-electron chi connectivity index (χ1n) is 7.82. The van der Waals surface area contributed by atoms with Crippen LogP contribution in [0, 0.1) is 31.1 Å². The summed E-state index contributed by atoms with van der Waals surface area (Å²) in [6, 6.07) is 15.5. The summed E-state index contributed by atoms with van der Waals surface area (Å²) in [4.78, 5) is 7.01. The summed E-state index contributed by atoms with van der Waals surface area (Å²) in [5, 5.41) is 3.46. The van der Waals surface area contributed by atoms with Crippen molar-refractivity contribution in [1.29, 1.82) is 0 Å². The van der Waals surface area contributed by atoms with E-state index in [1.165, 1.54) is 17.5 Å². The molecule has 1 aromatic carbocycles. The summed E-state index contributed by atoms with van der Waals surface area (Å²) in [5.41, 5.74) is 3.62. The van der Waals surface area contributed by atoms with Crippen molar-refractivity contribution in [2.75, 3.05) is 19.6 Å². The maximum atomic E-state index is 4.44. The van der Waals surface area contributed by atoms with E-state index in [-0.39, 0.29) is 31.1 Å². The average Bonchev–Trinajstić information content (AvgIpc) is 3.08. The van der Waals surface area contributed by atoms with Crippen LogP contribution in [0.15, 0.2) is 48.7 Å². The number of aromatic nitrogens is 1. The molecule has 1 saturated heterocycles. The zero-order valence-electron chi connectivity index (χ0n) is 13.1. The maximum absolute atomic E-state index is 4.44. The van der Waals surface area contributed by atoms with Crippen molar-refractivity contribution < 1.29 is 31.1 Å². The molecule has 4 heteroatoms. The van der Waals surface area contributed by atoms with E-state index in [1.807, 2.05) is 18.3 Å². The standard InChI is InChI=1S/C18H23N3.U/c1-2-21(17-9-11-19-13-17)14-15-6-5-7-16(12-15)18-8-3-4-10-20-18;/h3-8,10,12,17,19H,2,9,11,13-14H2,1H3;/t17-;/m1./s1. The van der Waals surface area contributed by atoms with Gasteiger partial charge in [0.1, 0.15) is 0 Å². The van der Waals surface area contributed by atoms with Gasteiger partial charge in [-0.15, -0.1) is 0 Å². The fourth-order valence-electron chi connectivity index (χ4n) is 3.05. The monoisotopic (exact) mass is 519 g/mol. The fraction of sp³-hybridized carbons (Fsp3) is 0.389. The SMILES string of the molecule is CCN(Cc1cccc(-c2ccccn2)c1)[C@@H]1CCNC1.[U]. The third kappa shape index (κ3) is 4.43. The van der Waals surface area contributed by atoms with Crippen molar-refractivity contribution in [2.45, 2.75) is 25.9 Å². The summed E-state index contributed by atoms with van der Waals surface area (Å²) in [6.07, 6.45) is 3.11. The van der Waals surface area contributed by atoms with E-state index in [0.717, 1.165) is 31.9 Å². The Morgan fingerprint density at radius 3 is 2.82 bits per heavy atom. The van der Waals surface area contributed by atoms with E-state index in [0.29, 0.717) is 6.04 Å². The Bertz CT molecular complexity index is 568. The predicted molar refractivity (Wildman–Crippen MR) is 87.0 cm³/mol. The molecule has 1 N–H and O–H groups in total. The topological polar surface area (TPSA) is 28.2 Å². The smallest absolute Gasteiger partial charge is 0.0702 e. The first-order valence-corrected chi connectivity index (χ1v) is 7.82. The third-order valence-electron chi connectivity index (χ3n) is 4.23. The van der Waals surface area contributed by atoms with Crippen molar-refractivity contribution >= 4 is 0 Å². The Labute approximate surface area is 156 Å². The molecule has 0 amide bonds. The molecule has 2 heterocycles. The minimum atomic E-state index is 0. The molecular formula is C18H23N3U. The molecule has 114 valence electrons. The number of likely N-dealkylation sites (N-methyl/N-ethyl adjacent to an activating group) is 1. The molecule has 1 fully saturated rings. The molecule has 1 atom stereocenters. The number of nitrogens with one attached hydrogen (secondary N) is 1. The van der Waals surface area contributed by atoms with Crippen LogP contribution in [0.25, 0.3) is 11.3 Å². The number of rotatable bonds is 5. The van der Waals surface area contributed by atoms with Crippen molar-refractivity contribution in [1.82, 2.24) is 15.2 Å². The Kier molecular flexibility index (Phi) is 7.11. The van der Waals surface area contributed by atoms with E-state index < -0.39 is 0 Å². The van der Waals surface area contributed by atoms with Gasteiger partial charge in [0.2, 0.25) is 0 Å². The van der Waals surface area contributed by atoms with Crippen LogP contribution < -0.4 is 5.32 Å². The van der Waals surface area contributed by atoms with Crippen LogP contribution in [0.5, 0.6) is 0 Å². The second-order valence-corrected chi connectivity index (χ2v) is 5.63. The van der Waals surface area contributed by atoms with Gasteiger partial charge in [0.25, 0.3) is 0 Å². The predicted octanol–water partition coefficient (Wildman–Crippen LogP) is 2.93. The molecule has 1 aliphatic rings. The van der Waals surface area contributed by atoms with Gasteiger partial charge < -0.3 is 5.32 Å². The average molecular weight is 519 g/mol. The molecule has 0 spiro atoms. The Balaban J connectivity index is 0.00000176. The fourth-order valence-corrected chi connectivity index (χ4v) is 3.05. The van der Waals surface area contributed by atoms with E-state index >= 15 is 0 Å². The molecule has 3 rings (SSSR count). The quantitative estimate of drug-likeness (QED) is 0.659. The van der Waals surface area contributed by atoms with Crippen molar-refractivity contribution in [3.63, 3.8) is 0 Å². The van der Waals surface area contributed by atoms with Gasteiger partial charge in [-0.1, -0.05) is 31.2 Å². The van der Waals surface area contributed by atoms with Gasteiger partial charge in [-0.05, 0) is 43.3 Å². The molecule has 0 saturated carbocycles. The summed E-state index contributed by atoms with van der Waals surface area (Å²) >= 11 is 0. The number of benzene rings is 1.